The molecule has 0 radical (unpaired) electrons. The normalized spacial score (nSPS) is 13.5. The molecule has 1 aliphatic heterocycles. The van der Waals surface area contributed by atoms with Crippen molar-refractivity contribution in [2.45, 2.75) is 39.0 Å². The minimum atomic E-state index is -0.390. The van der Waals surface area contributed by atoms with E-state index >= 15 is 0 Å². The molecule has 1 fully saturated rings. The lowest BCUT2D eigenvalue weighted by atomic mass is 10.1. The summed E-state index contributed by atoms with van der Waals surface area (Å²) in [4.78, 5) is 36.2. The van der Waals surface area contributed by atoms with Gasteiger partial charge in [0, 0.05) is 47.9 Å². The lowest BCUT2D eigenvalue weighted by molar-refractivity contribution is -0.116. The van der Waals surface area contributed by atoms with E-state index in [4.69, 9.17) is 9.72 Å². The zero-order valence-electron chi connectivity index (χ0n) is 25.5. The van der Waals surface area contributed by atoms with Crippen LogP contribution in [-0.4, -0.2) is 72.2 Å². The molecule has 1 amide bonds. The van der Waals surface area contributed by atoms with Gasteiger partial charge in [-0.1, -0.05) is 13.3 Å². The lowest BCUT2D eigenvalue weighted by Gasteiger charge is -2.15. The summed E-state index contributed by atoms with van der Waals surface area (Å²) >= 11 is 0. The summed E-state index contributed by atoms with van der Waals surface area (Å²) in [5.74, 6) is 0.569. The van der Waals surface area contributed by atoms with E-state index in [-0.39, 0.29) is 11.7 Å². The SMILES string of the molecule is CCCCC(=O)Nc1cncc(-c2cc3c(-c4nc5c(-c6cc(F)cc(OCCN7CCCC7)c6)cncc5[nH]4)n[nH]c3cn2)c1. The molecule has 7 rings (SSSR count). The molecule has 1 aromatic carbocycles. The average molecular weight is 620 g/mol. The topological polar surface area (TPSA) is 138 Å². The number of imidazole rings is 1. The number of likely N-dealkylation sites (tertiary alicyclic amines) is 1. The van der Waals surface area contributed by atoms with Gasteiger partial charge in [-0.15, -0.1) is 0 Å². The van der Waals surface area contributed by atoms with Gasteiger partial charge in [-0.2, -0.15) is 5.10 Å². The summed E-state index contributed by atoms with van der Waals surface area (Å²) in [6, 6.07) is 8.47. The maximum absolute atomic E-state index is 14.8. The molecule has 12 heteroatoms. The molecule has 1 saturated heterocycles. The minimum Gasteiger partial charge on any atom is -0.492 e. The molecule has 6 heterocycles. The molecular formula is C34H34FN9O2. The third kappa shape index (κ3) is 6.29. The van der Waals surface area contributed by atoms with Crippen molar-refractivity contribution in [2.75, 3.05) is 31.6 Å². The van der Waals surface area contributed by atoms with Crippen LogP contribution < -0.4 is 10.1 Å². The number of halogens is 1. The Labute approximate surface area is 264 Å². The van der Waals surface area contributed by atoms with Gasteiger partial charge in [0.1, 0.15) is 23.9 Å². The second kappa shape index (κ2) is 13.0. The highest BCUT2D eigenvalue weighted by atomic mass is 19.1. The molecule has 11 nitrogen and oxygen atoms in total. The number of hydrogen-bond acceptors (Lipinski definition) is 8. The Hall–Kier alpha value is -5.23. The standard InChI is InChI=1S/C34H34FN9O2/c1-2-3-6-31(45)39-24-12-22(16-36-17-24)28-15-26-29(20-38-28)42-43-33(26)34-40-30-19-37-18-27(32(30)41-34)21-11-23(35)14-25(13-21)46-10-9-44-7-4-5-8-44/h11-20H,2-10H2,1H3,(H,39,45)(H,40,41)(H,42,43). The second-order valence-corrected chi connectivity index (χ2v) is 11.5. The number of aromatic nitrogens is 7. The number of rotatable bonds is 11. The van der Waals surface area contributed by atoms with Crippen molar-refractivity contribution >= 4 is 33.5 Å². The number of nitrogens with zero attached hydrogens (tertiary/aromatic N) is 6. The number of carbonyl (C=O) groups is 1. The van der Waals surface area contributed by atoms with Crippen molar-refractivity contribution in [1.82, 2.24) is 40.0 Å². The number of hydrogen-bond donors (Lipinski definition) is 3. The van der Waals surface area contributed by atoms with Crippen molar-refractivity contribution in [3.63, 3.8) is 0 Å². The Morgan fingerprint density at radius 3 is 2.74 bits per heavy atom. The Bertz CT molecular complexity index is 2020. The van der Waals surface area contributed by atoms with Crippen LogP contribution in [0, 0.1) is 5.82 Å². The molecule has 46 heavy (non-hydrogen) atoms. The van der Waals surface area contributed by atoms with Gasteiger partial charge in [0.15, 0.2) is 5.82 Å². The summed E-state index contributed by atoms with van der Waals surface area (Å²) in [6.45, 7) is 5.53. The maximum atomic E-state index is 14.8. The maximum Gasteiger partial charge on any atom is 0.224 e. The molecular weight excluding hydrogens is 585 g/mol. The number of pyridine rings is 3. The number of carbonyl (C=O) groups excluding carboxylic acids is 1. The molecule has 0 spiro atoms. The predicted molar refractivity (Wildman–Crippen MR) is 175 cm³/mol. The molecule has 3 N–H and O–H groups in total. The summed E-state index contributed by atoms with van der Waals surface area (Å²) in [5.41, 5.74) is 6.00. The zero-order chi connectivity index (χ0) is 31.5. The molecule has 234 valence electrons. The number of nitrogens with one attached hydrogen (secondary N) is 3. The van der Waals surface area contributed by atoms with E-state index in [9.17, 15) is 9.18 Å². The Balaban J connectivity index is 1.17. The van der Waals surface area contributed by atoms with E-state index in [2.05, 4.69) is 47.3 Å². The first-order valence-electron chi connectivity index (χ1n) is 15.6. The van der Waals surface area contributed by atoms with Crippen molar-refractivity contribution in [3.05, 3.63) is 67.1 Å². The molecule has 0 atom stereocenters. The van der Waals surface area contributed by atoms with Gasteiger partial charge in [0.2, 0.25) is 5.91 Å². The van der Waals surface area contributed by atoms with Crippen molar-refractivity contribution in [1.29, 1.82) is 0 Å². The first kappa shape index (κ1) is 29.5. The largest absolute Gasteiger partial charge is 0.492 e. The summed E-state index contributed by atoms with van der Waals surface area (Å²) in [5, 5.41) is 11.3. The molecule has 0 aliphatic carbocycles. The van der Waals surface area contributed by atoms with Crippen LogP contribution in [0.2, 0.25) is 0 Å². The van der Waals surface area contributed by atoms with Crippen molar-refractivity contribution < 1.29 is 13.9 Å². The van der Waals surface area contributed by atoms with E-state index in [0.29, 0.717) is 63.8 Å². The number of fused-ring (bicyclic) bond motifs is 2. The highest BCUT2D eigenvalue weighted by Crippen LogP contribution is 2.34. The predicted octanol–water partition coefficient (Wildman–Crippen LogP) is 6.37. The Morgan fingerprint density at radius 1 is 1.00 bits per heavy atom. The van der Waals surface area contributed by atoms with E-state index in [1.807, 2.05) is 18.2 Å². The number of aromatic amines is 2. The van der Waals surface area contributed by atoms with Gasteiger partial charge in [-0.25, -0.2) is 9.37 Å². The monoisotopic (exact) mass is 619 g/mol. The van der Waals surface area contributed by atoms with Gasteiger partial charge < -0.3 is 15.0 Å². The highest BCUT2D eigenvalue weighted by Gasteiger charge is 2.18. The number of ether oxygens (including phenoxy) is 1. The van der Waals surface area contributed by atoms with E-state index in [1.165, 1.54) is 25.0 Å². The quantitative estimate of drug-likeness (QED) is 0.152. The fourth-order valence-corrected chi connectivity index (χ4v) is 5.82. The molecule has 0 bridgehead atoms. The number of H-pyrrole nitrogens is 2. The summed E-state index contributed by atoms with van der Waals surface area (Å²) in [7, 11) is 0. The molecule has 0 saturated carbocycles. The van der Waals surface area contributed by atoms with Crippen LogP contribution in [0.5, 0.6) is 5.75 Å². The van der Waals surface area contributed by atoms with Crippen molar-refractivity contribution in [2.24, 2.45) is 0 Å². The number of benzene rings is 1. The van der Waals surface area contributed by atoms with Gasteiger partial charge in [0.05, 0.1) is 46.5 Å². The van der Waals surface area contributed by atoms with Crippen LogP contribution >= 0.6 is 0 Å². The average Bonchev–Trinajstić information content (AvgIpc) is 3.83. The van der Waals surface area contributed by atoms with E-state index in [0.717, 1.165) is 48.9 Å². The summed E-state index contributed by atoms with van der Waals surface area (Å²) < 4.78 is 20.7. The second-order valence-electron chi connectivity index (χ2n) is 11.5. The van der Waals surface area contributed by atoms with E-state index in [1.54, 1.807) is 31.0 Å². The number of amides is 1. The van der Waals surface area contributed by atoms with Crippen LogP contribution in [0.15, 0.2) is 61.3 Å². The fraction of sp³-hybridized carbons (Fsp3) is 0.294. The first-order chi connectivity index (χ1) is 22.5. The molecule has 1 aliphatic rings. The lowest BCUT2D eigenvalue weighted by Crippen LogP contribution is -2.25. The Morgan fingerprint density at radius 2 is 1.87 bits per heavy atom. The number of anilines is 1. The highest BCUT2D eigenvalue weighted by molar-refractivity contribution is 5.97. The van der Waals surface area contributed by atoms with Crippen LogP contribution in [-0.2, 0) is 4.79 Å². The van der Waals surface area contributed by atoms with Crippen LogP contribution in [0.1, 0.15) is 39.0 Å². The van der Waals surface area contributed by atoms with Gasteiger partial charge in [0.25, 0.3) is 0 Å². The van der Waals surface area contributed by atoms with Crippen LogP contribution in [0.3, 0.4) is 0 Å². The summed E-state index contributed by atoms with van der Waals surface area (Å²) in [6.07, 6.45) is 13.1. The third-order valence-corrected chi connectivity index (χ3v) is 8.20. The molecule has 5 aromatic heterocycles. The number of unbranched alkanes of at least 4 members (excludes halogenated alkanes) is 1. The van der Waals surface area contributed by atoms with Gasteiger partial charge >= 0.3 is 0 Å². The third-order valence-electron chi connectivity index (χ3n) is 8.20. The van der Waals surface area contributed by atoms with Crippen molar-refractivity contribution in [3.8, 4) is 39.7 Å². The van der Waals surface area contributed by atoms with Crippen LogP contribution in [0.4, 0.5) is 10.1 Å². The van der Waals surface area contributed by atoms with Crippen LogP contribution in [0.25, 0.3) is 55.8 Å². The minimum absolute atomic E-state index is 0.0420. The molecule has 0 unspecified atom stereocenters. The van der Waals surface area contributed by atoms with Gasteiger partial charge in [-0.3, -0.25) is 29.7 Å². The smallest absolute Gasteiger partial charge is 0.224 e. The zero-order valence-corrected chi connectivity index (χ0v) is 25.5. The van der Waals surface area contributed by atoms with Gasteiger partial charge in [-0.05, 0) is 62.2 Å². The first-order valence-corrected chi connectivity index (χ1v) is 15.6. The fourth-order valence-electron chi connectivity index (χ4n) is 5.82. The Kier molecular flexibility index (Phi) is 8.34. The molecule has 6 aromatic rings. The van der Waals surface area contributed by atoms with E-state index < -0.39 is 0 Å².